The number of rotatable bonds is 5. The van der Waals surface area contributed by atoms with Crippen molar-refractivity contribution in [3.8, 4) is 22.4 Å². The summed E-state index contributed by atoms with van der Waals surface area (Å²) in [6.07, 6.45) is 1.17. The van der Waals surface area contributed by atoms with E-state index in [1.165, 1.54) is 18.4 Å². The number of hydrogen-bond donors (Lipinski definition) is 0. The molecule has 152 valence electrons. The third-order valence-electron chi connectivity index (χ3n) is 4.77. The van der Waals surface area contributed by atoms with Crippen molar-refractivity contribution in [2.75, 3.05) is 6.26 Å². The zero-order valence-corrected chi connectivity index (χ0v) is 17.7. The summed E-state index contributed by atoms with van der Waals surface area (Å²) >= 11 is 6.52. The van der Waals surface area contributed by atoms with Gasteiger partial charge >= 0.3 is 0 Å². The molecular weight excluding hydrogens is 423 g/mol. The molecule has 7 heteroatoms. The fourth-order valence-corrected chi connectivity index (χ4v) is 4.25. The molecule has 3 aromatic carbocycles. The molecule has 0 bridgehead atoms. The smallest absolute Gasteiger partial charge is 0.175 e. The van der Waals surface area contributed by atoms with E-state index in [9.17, 15) is 12.8 Å². The summed E-state index contributed by atoms with van der Waals surface area (Å²) in [5.41, 5.74) is 3.92. The van der Waals surface area contributed by atoms with Crippen LogP contribution in [0.2, 0.25) is 5.15 Å². The molecule has 4 rings (SSSR count). The molecule has 0 aliphatic rings. The maximum absolute atomic E-state index is 13.5. The Morgan fingerprint density at radius 1 is 0.900 bits per heavy atom. The summed E-state index contributed by atoms with van der Waals surface area (Å²) < 4.78 is 38.9. The van der Waals surface area contributed by atoms with E-state index in [0.717, 1.165) is 22.4 Å². The molecule has 4 aromatic rings. The van der Waals surface area contributed by atoms with Crippen molar-refractivity contribution in [3.05, 3.63) is 95.4 Å². The Kier molecular flexibility index (Phi) is 5.45. The van der Waals surface area contributed by atoms with Gasteiger partial charge in [0.15, 0.2) is 15.0 Å². The molecule has 0 amide bonds. The summed E-state index contributed by atoms with van der Waals surface area (Å²) in [7, 11) is -3.31. The van der Waals surface area contributed by atoms with Gasteiger partial charge in [-0.25, -0.2) is 12.8 Å². The quantitative estimate of drug-likeness (QED) is 0.414. The largest absolute Gasteiger partial charge is 0.258 e. The van der Waals surface area contributed by atoms with Gasteiger partial charge < -0.3 is 0 Å². The normalized spacial score (nSPS) is 11.6. The van der Waals surface area contributed by atoms with Crippen LogP contribution in [-0.4, -0.2) is 24.5 Å². The molecule has 0 spiro atoms. The van der Waals surface area contributed by atoms with Crippen molar-refractivity contribution in [1.29, 1.82) is 0 Å². The van der Waals surface area contributed by atoms with Gasteiger partial charge in [-0.05, 0) is 35.4 Å². The molecule has 1 aromatic heterocycles. The summed E-state index contributed by atoms with van der Waals surface area (Å²) in [5.74, 6) is -0.342. The van der Waals surface area contributed by atoms with E-state index < -0.39 is 9.84 Å². The zero-order valence-electron chi connectivity index (χ0n) is 16.1. The van der Waals surface area contributed by atoms with Gasteiger partial charge in [-0.3, -0.25) is 4.68 Å². The van der Waals surface area contributed by atoms with Crippen LogP contribution in [0.15, 0.2) is 83.8 Å². The molecule has 0 aliphatic carbocycles. The Labute approximate surface area is 179 Å². The summed E-state index contributed by atoms with van der Waals surface area (Å²) in [6, 6.07) is 22.5. The van der Waals surface area contributed by atoms with Crippen LogP contribution in [0.5, 0.6) is 0 Å². The molecule has 0 unspecified atom stereocenters. The zero-order chi connectivity index (χ0) is 21.3. The molecule has 0 radical (unpaired) electrons. The summed E-state index contributed by atoms with van der Waals surface area (Å²) in [4.78, 5) is 0.231. The molecule has 1 heterocycles. The second kappa shape index (κ2) is 8.05. The van der Waals surface area contributed by atoms with Gasteiger partial charge in [0, 0.05) is 17.4 Å². The average molecular weight is 441 g/mol. The van der Waals surface area contributed by atoms with Crippen molar-refractivity contribution in [3.63, 3.8) is 0 Å². The van der Waals surface area contributed by atoms with E-state index >= 15 is 0 Å². The Morgan fingerprint density at radius 2 is 1.50 bits per heavy atom. The molecule has 0 aliphatic heterocycles. The van der Waals surface area contributed by atoms with Crippen LogP contribution >= 0.6 is 11.6 Å². The van der Waals surface area contributed by atoms with E-state index in [0.29, 0.717) is 17.3 Å². The first-order valence-corrected chi connectivity index (χ1v) is 11.5. The van der Waals surface area contributed by atoms with Crippen LogP contribution in [0.1, 0.15) is 5.56 Å². The minimum absolute atomic E-state index is 0.231. The number of aromatic nitrogens is 2. The maximum Gasteiger partial charge on any atom is 0.175 e. The minimum Gasteiger partial charge on any atom is -0.258 e. The molecule has 4 nitrogen and oxygen atoms in total. The van der Waals surface area contributed by atoms with Crippen molar-refractivity contribution in [2.24, 2.45) is 0 Å². The van der Waals surface area contributed by atoms with Gasteiger partial charge in [0.1, 0.15) is 5.82 Å². The van der Waals surface area contributed by atoms with E-state index in [2.05, 4.69) is 5.10 Å². The first kappa shape index (κ1) is 20.3. The van der Waals surface area contributed by atoms with Crippen molar-refractivity contribution < 1.29 is 12.8 Å². The fourth-order valence-electron chi connectivity index (χ4n) is 3.33. The van der Waals surface area contributed by atoms with Gasteiger partial charge in [-0.15, -0.1) is 0 Å². The highest BCUT2D eigenvalue weighted by Gasteiger charge is 2.21. The van der Waals surface area contributed by atoms with Crippen LogP contribution in [0.3, 0.4) is 0 Å². The third-order valence-corrected chi connectivity index (χ3v) is 6.17. The number of sulfone groups is 1. The van der Waals surface area contributed by atoms with Crippen LogP contribution in [0.4, 0.5) is 4.39 Å². The molecule has 0 fully saturated rings. The van der Waals surface area contributed by atoms with Gasteiger partial charge in [0.05, 0.1) is 17.1 Å². The predicted molar refractivity (Wildman–Crippen MR) is 117 cm³/mol. The molecule has 0 N–H and O–H groups in total. The van der Waals surface area contributed by atoms with E-state index in [1.807, 2.05) is 30.3 Å². The van der Waals surface area contributed by atoms with Crippen LogP contribution < -0.4 is 0 Å². The van der Waals surface area contributed by atoms with Crippen molar-refractivity contribution in [2.45, 2.75) is 11.4 Å². The molecule has 0 saturated carbocycles. The Morgan fingerprint density at radius 3 is 2.10 bits per heavy atom. The highest BCUT2D eigenvalue weighted by Crippen LogP contribution is 2.38. The van der Waals surface area contributed by atoms with Crippen LogP contribution in [0, 0.1) is 5.82 Å². The van der Waals surface area contributed by atoms with Gasteiger partial charge in [0.2, 0.25) is 0 Å². The highest BCUT2D eigenvalue weighted by molar-refractivity contribution is 7.90. The Hall–Kier alpha value is -2.96. The number of benzene rings is 3. The minimum atomic E-state index is -3.31. The first-order chi connectivity index (χ1) is 14.3. The van der Waals surface area contributed by atoms with E-state index in [1.54, 1.807) is 41.1 Å². The summed E-state index contributed by atoms with van der Waals surface area (Å²) in [6.45, 7) is 0.477. The lowest BCUT2D eigenvalue weighted by Gasteiger charge is -2.11. The molecular formula is C23H18ClFN2O2S. The first-order valence-electron chi connectivity index (χ1n) is 9.19. The van der Waals surface area contributed by atoms with E-state index in [4.69, 9.17) is 11.6 Å². The number of nitrogens with zero attached hydrogens (tertiary/aromatic N) is 2. The summed E-state index contributed by atoms with van der Waals surface area (Å²) in [5, 5.41) is 4.81. The lowest BCUT2D eigenvalue weighted by molar-refractivity contribution is 0.602. The SMILES string of the molecule is CS(=O)(=O)c1ccc(-c2c(-c3ccc(F)cc3)c(Cl)nn2Cc2ccccc2)cc1. The molecule has 30 heavy (non-hydrogen) atoms. The van der Waals surface area contributed by atoms with Gasteiger partial charge in [-0.2, -0.15) is 5.10 Å². The van der Waals surface area contributed by atoms with Crippen LogP contribution in [-0.2, 0) is 16.4 Å². The highest BCUT2D eigenvalue weighted by atomic mass is 35.5. The van der Waals surface area contributed by atoms with E-state index in [-0.39, 0.29) is 10.7 Å². The second-order valence-corrected chi connectivity index (χ2v) is 9.33. The monoisotopic (exact) mass is 440 g/mol. The van der Waals surface area contributed by atoms with Crippen molar-refractivity contribution in [1.82, 2.24) is 9.78 Å². The number of halogens is 2. The average Bonchev–Trinajstić information content (AvgIpc) is 3.04. The predicted octanol–water partition coefficient (Wildman–Crippen LogP) is 5.46. The standard InChI is InChI=1S/C23H18ClFN2O2S/c1-30(28,29)20-13-9-18(10-14-20)22-21(17-7-11-19(25)12-8-17)23(24)26-27(22)15-16-5-3-2-4-6-16/h2-14H,15H2,1H3. The second-order valence-electron chi connectivity index (χ2n) is 6.96. The Balaban J connectivity index is 1.89. The van der Waals surface area contributed by atoms with Gasteiger partial charge in [0.25, 0.3) is 0 Å². The third kappa shape index (κ3) is 4.15. The lowest BCUT2D eigenvalue weighted by Crippen LogP contribution is -2.04. The fraction of sp³-hybridized carbons (Fsp3) is 0.0870. The van der Waals surface area contributed by atoms with Gasteiger partial charge in [-0.1, -0.05) is 66.2 Å². The maximum atomic E-state index is 13.5. The number of hydrogen-bond acceptors (Lipinski definition) is 3. The Bertz CT molecular complexity index is 1280. The van der Waals surface area contributed by atoms with Crippen molar-refractivity contribution >= 4 is 21.4 Å². The molecule has 0 atom stereocenters. The lowest BCUT2D eigenvalue weighted by atomic mass is 10.0. The molecule has 0 saturated heterocycles. The topological polar surface area (TPSA) is 52.0 Å². The van der Waals surface area contributed by atoms with Crippen LogP contribution in [0.25, 0.3) is 22.4 Å².